The van der Waals surface area contributed by atoms with E-state index in [-0.39, 0.29) is 5.56 Å². The summed E-state index contributed by atoms with van der Waals surface area (Å²) < 4.78 is 10.6. The number of anilines is 1. The van der Waals surface area contributed by atoms with E-state index in [1.165, 1.54) is 0 Å². The first kappa shape index (κ1) is 13.7. The van der Waals surface area contributed by atoms with Gasteiger partial charge >= 0.3 is 5.63 Å². The highest BCUT2D eigenvalue weighted by atomic mass is 16.5. The molecule has 0 saturated carbocycles. The summed E-state index contributed by atoms with van der Waals surface area (Å²) in [6, 6.07) is 7.76. The average Bonchev–Trinajstić information content (AvgIpc) is 2.54. The fraction of sp³-hybridized carbons (Fsp3) is 0.375. The minimum absolute atomic E-state index is 0.0812. The number of ether oxygens (including phenoxy) is 1. The predicted molar refractivity (Wildman–Crippen MR) is 79.6 cm³/mol. The summed E-state index contributed by atoms with van der Waals surface area (Å²) in [5.74, 6) is 0. The predicted octanol–water partition coefficient (Wildman–Crippen LogP) is 2.06. The van der Waals surface area contributed by atoms with Gasteiger partial charge in [-0.15, -0.1) is 0 Å². The molecule has 0 atom stereocenters. The van der Waals surface area contributed by atoms with Gasteiger partial charge in [0.15, 0.2) is 5.56 Å². The summed E-state index contributed by atoms with van der Waals surface area (Å²) in [7, 11) is 0. The van der Waals surface area contributed by atoms with Crippen LogP contribution in [0.25, 0.3) is 11.0 Å². The number of fused-ring (bicyclic) bond motifs is 1. The Morgan fingerprint density at radius 3 is 2.76 bits per heavy atom. The van der Waals surface area contributed by atoms with E-state index < -0.39 is 5.63 Å². The first-order chi connectivity index (χ1) is 10.2. The molecular weight excluding hydrogens is 268 g/mol. The number of rotatable bonds is 2. The normalized spacial score (nSPS) is 15.1. The second kappa shape index (κ2) is 5.58. The molecule has 0 amide bonds. The Morgan fingerprint density at radius 2 is 2.10 bits per heavy atom. The van der Waals surface area contributed by atoms with Crippen LogP contribution in [0.3, 0.4) is 0 Å². The Labute approximate surface area is 122 Å². The maximum absolute atomic E-state index is 12.0. The van der Waals surface area contributed by atoms with Gasteiger partial charge in [-0.3, -0.25) is 0 Å². The lowest BCUT2D eigenvalue weighted by atomic mass is 10.1. The number of nitriles is 1. The molecular formula is C16H16N2O3. The number of benzene rings is 1. The molecule has 1 saturated heterocycles. The molecule has 108 valence electrons. The van der Waals surface area contributed by atoms with E-state index in [1.807, 2.05) is 23.1 Å². The number of hydrogen-bond donors (Lipinski definition) is 0. The van der Waals surface area contributed by atoms with E-state index in [0.29, 0.717) is 37.6 Å². The highest BCUT2D eigenvalue weighted by molar-refractivity contribution is 5.93. The molecule has 0 unspecified atom stereocenters. The van der Waals surface area contributed by atoms with E-state index in [1.54, 1.807) is 6.07 Å². The molecule has 1 fully saturated rings. The fourth-order valence-corrected chi connectivity index (χ4v) is 2.67. The Balaban J connectivity index is 2.30. The fourth-order valence-electron chi connectivity index (χ4n) is 2.67. The molecule has 1 aromatic heterocycles. The van der Waals surface area contributed by atoms with Gasteiger partial charge in [0.2, 0.25) is 0 Å². The van der Waals surface area contributed by atoms with E-state index >= 15 is 0 Å². The molecule has 0 bridgehead atoms. The molecule has 0 aliphatic carbocycles. The third-order valence-electron chi connectivity index (χ3n) is 3.79. The molecule has 0 spiro atoms. The standard InChI is InChI=1S/C16H16N2O3/c1-2-11-3-4-14-12(9-11)15(13(10-17)16(19)21-14)18-5-7-20-8-6-18/h3-4,9H,2,5-8H2,1H3. The second-order valence-corrected chi connectivity index (χ2v) is 5.01. The minimum Gasteiger partial charge on any atom is -0.422 e. The van der Waals surface area contributed by atoms with Crippen molar-refractivity contribution < 1.29 is 9.15 Å². The molecule has 1 aromatic carbocycles. The Hall–Kier alpha value is -2.32. The maximum Gasteiger partial charge on any atom is 0.356 e. The lowest BCUT2D eigenvalue weighted by molar-refractivity contribution is 0.123. The van der Waals surface area contributed by atoms with Gasteiger partial charge in [-0.1, -0.05) is 13.0 Å². The molecule has 3 rings (SSSR count). The average molecular weight is 284 g/mol. The Morgan fingerprint density at radius 1 is 1.33 bits per heavy atom. The largest absolute Gasteiger partial charge is 0.422 e. The maximum atomic E-state index is 12.0. The summed E-state index contributed by atoms with van der Waals surface area (Å²) in [5, 5.41) is 10.2. The van der Waals surface area contributed by atoms with Gasteiger partial charge in [0.05, 0.1) is 18.9 Å². The van der Waals surface area contributed by atoms with Crippen molar-refractivity contribution >= 4 is 16.7 Å². The summed E-state index contributed by atoms with van der Waals surface area (Å²) in [6.07, 6.45) is 0.888. The molecule has 21 heavy (non-hydrogen) atoms. The monoisotopic (exact) mass is 284 g/mol. The molecule has 2 heterocycles. The number of nitrogens with zero attached hydrogens (tertiary/aromatic N) is 2. The third kappa shape index (κ3) is 2.39. The van der Waals surface area contributed by atoms with Gasteiger partial charge in [0.25, 0.3) is 0 Å². The van der Waals surface area contributed by atoms with Gasteiger partial charge < -0.3 is 14.1 Å². The van der Waals surface area contributed by atoms with Crippen LogP contribution >= 0.6 is 0 Å². The molecule has 1 aliphatic heterocycles. The Kier molecular flexibility index (Phi) is 3.63. The van der Waals surface area contributed by atoms with Crippen molar-refractivity contribution in [2.45, 2.75) is 13.3 Å². The Bertz CT molecular complexity index is 767. The molecule has 0 radical (unpaired) electrons. The summed E-state index contributed by atoms with van der Waals surface area (Å²) in [6.45, 7) is 4.60. The zero-order valence-corrected chi connectivity index (χ0v) is 11.9. The molecule has 2 aromatic rings. The summed E-state index contributed by atoms with van der Waals surface area (Å²) in [4.78, 5) is 14.1. The second-order valence-electron chi connectivity index (χ2n) is 5.01. The SMILES string of the molecule is CCc1ccc2oc(=O)c(C#N)c(N3CCOCC3)c2c1. The smallest absolute Gasteiger partial charge is 0.356 e. The van der Waals surface area contributed by atoms with E-state index in [2.05, 4.69) is 6.92 Å². The van der Waals surface area contributed by atoms with Crippen LogP contribution in [0.4, 0.5) is 5.69 Å². The van der Waals surface area contributed by atoms with Crippen molar-refractivity contribution in [2.24, 2.45) is 0 Å². The van der Waals surface area contributed by atoms with E-state index in [4.69, 9.17) is 9.15 Å². The van der Waals surface area contributed by atoms with Crippen LogP contribution in [-0.4, -0.2) is 26.3 Å². The molecule has 5 nitrogen and oxygen atoms in total. The van der Waals surface area contributed by atoms with Crippen molar-refractivity contribution in [3.63, 3.8) is 0 Å². The summed E-state index contributed by atoms with van der Waals surface area (Å²) in [5.41, 5.74) is 1.86. The number of hydrogen-bond acceptors (Lipinski definition) is 5. The van der Waals surface area contributed by atoms with Crippen LogP contribution in [0.15, 0.2) is 27.4 Å². The molecule has 5 heteroatoms. The first-order valence-corrected chi connectivity index (χ1v) is 7.07. The van der Waals surface area contributed by atoms with Crippen molar-refractivity contribution in [3.8, 4) is 6.07 Å². The van der Waals surface area contributed by atoms with E-state index in [9.17, 15) is 10.1 Å². The van der Waals surface area contributed by atoms with Crippen LogP contribution in [0.5, 0.6) is 0 Å². The van der Waals surface area contributed by atoms with Gasteiger partial charge in [-0.05, 0) is 24.1 Å². The van der Waals surface area contributed by atoms with Crippen LogP contribution in [-0.2, 0) is 11.2 Å². The van der Waals surface area contributed by atoms with E-state index in [0.717, 1.165) is 17.4 Å². The topological polar surface area (TPSA) is 66.5 Å². The molecule has 1 aliphatic rings. The first-order valence-electron chi connectivity index (χ1n) is 7.07. The highest BCUT2D eigenvalue weighted by Crippen LogP contribution is 2.30. The van der Waals surface area contributed by atoms with Crippen LogP contribution in [0.2, 0.25) is 0 Å². The van der Waals surface area contributed by atoms with Crippen LogP contribution in [0.1, 0.15) is 18.1 Å². The highest BCUT2D eigenvalue weighted by Gasteiger charge is 2.22. The lowest BCUT2D eigenvalue weighted by Crippen LogP contribution is -2.37. The zero-order chi connectivity index (χ0) is 14.8. The quantitative estimate of drug-likeness (QED) is 0.790. The van der Waals surface area contributed by atoms with Gasteiger partial charge in [0, 0.05) is 18.5 Å². The van der Waals surface area contributed by atoms with Crippen LogP contribution in [0, 0.1) is 11.3 Å². The van der Waals surface area contributed by atoms with Gasteiger partial charge in [0.1, 0.15) is 11.7 Å². The number of aryl methyl sites for hydroxylation is 1. The van der Waals surface area contributed by atoms with Gasteiger partial charge in [-0.2, -0.15) is 5.26 Å². The zero-order valence-electron chi connectivity index (χ0n) is 11.9. The molecule has 0 N–H and O–H groups in total. The van der Waals surface area contributed by atoms with Crippen molar-refractivity contribution in [1.29, 1.82) is 5.26 Å². The number of morpholine rings is 1. The third-order valence-corrected chi connectivity index (χ3v) is 3.79. The van der Waals surface area contributed by atoms with Gasteiger partial charge in [-0.25, -0.2) is 4.79 Å². The van der Waals surface area contributed by atoms with Crippen molar-refractivity contribution in [3.05, 3.63) is 39.7 Å². The summed E-state index contributed by atoms with van der Waals surface area (Å²) >= 11 is 0. The van der Waals surface area contributed by atoms with Crippen molar-refractivity contribution in [1.82, 2.24) is 0 Å². The minimum atomic E-state index is -0.573. The van der Waals surface area contributed by atoms with Crippen molar-refractivity contribution in [2.75, 3.05) is 31.2 Å². The lowest BCUT2D eigenvalue weighted by Gasteiger charge is -2.30. The van der Waals surface area contributed by atoms with Crippen LogP contribution < -0.4 is 10.5 Å².